The van der Waals surface area contributed by atoms with Crippen molar-refractivity contribution in [2.75, 3.05) is 32.5 Å². The van der Waals surface area contributed by atoms with Crippen LogP contribution >= 0.6 is 11.6 Å². The molecule has 6 nitrogen and oxygen atoms in total. The van der Waals surface area contributed by atoms with E-state index in [0.717, 1.165) is 11.8 Å². The second-order valence-electron chi connectivity index (χ2n) is 4.84. The molecule has 1 aromatic carbocycles. The maximum atomic E-state index is 12.0. The summed E-state index contributed by atoms with van der Waals surface area (Å²) in [7, 11) is -3.37. The number of nitrogens with one attached hydrogen (secondary N) is 1. The number of amides is 1. The molecular formula is C13H17ClN2O4S. The van der Waals surface area contributed by atoms with E-state index in [1.807, 2.05) is 12.1 Å². The number of ether oxygens (including phenoxy) is 1. The first-order valence-electron chi connectivity index (χ1n) is 6.44. The first kappa shape index (κ1) is 16.2. The highest BCUT2D eigenvalue weighted by Gasteiger charge is 2.25. The molecule has 1 atom stereocenters. The van der Waals surface area contributed by atoms with Gasteiger partial charge in [-0.25, -0.2) is 13.1 Å². The van der Waals surface area contributed by atoms with E-state index in [4.69, 9.17) is 16.3 Å². The number of benzene rings is 1. The van der Waals surface area contributed by atoms with Crippen molar-refractivity contribution in [2.45, 2.75) is 6.10 Å². The zero-order valence-electron chi connectivity index (χ0n) is 11.6. The number of carbonyl (C=O) groups is 1. The molecule has 0 unspecified atom stereocenters. The van der Waals surface area contributed by atoms with Crippen LogP contribution in [-0.2, 0) is 19.6 Å². The van der Waals surface area contributed by atoms with Crippen molar-refractivity contribution in [3.05, 3.63) is 34.9 Å². The topological polar surface area (TPSA) is 75.7 Å². The van der Waals surface area contributed by atoms with Crippen LogP contribution in [0.1, 0.15) is 11.7 Å². The van der Waals surface area contributed by atoms with Gasteiger partial charge in [0.25, 0.3) is 0 Å². The van der Waals surface area contributed by atoms with Gasteiger partial charge in [0.15, 0.2) is 0 Å². The summed E-state index contributed by atoms with van der Waals surface area (Å²) >= 11 is 5.84. The van der Waals surface area contributed by atoms with E-state index in [1.165, 1.54) is 0 Å². The average molecular weight is 333 g/mol. The Morgan fingerprint density at radius 1 is 1.43 bits per heavy atom. The Hall–Kier alpha value is -1.15. The fourth-order valence-corrected chi connectivity index (χ4v) is 2.57. The van der Waals surface area contributed by atoms with E-state index in [0.29, 0.717) is 24.7 Å². The molecule has 2 rings (SSSR count). The van der Waals surface area contributed by atoms with Crippen molar-refractivity contribution in [2.24, 2.45) is 0 Å². The van der Waals surface area contributed by atoms with E-state index >= 15 is 0 Å². The van der Waals surface area contributed by atoms with Gasteiger partial charge in [-0.15, -0.1) is 0 Å². The van der Waals surface area contributed by atoms with Crippen molar-refractivity contribution in [3.8, 4) is 0 Å². The molecule has 1 saturated heterocycles. The van der Waals surface area contributed by atoms with Crippen LogP contribution in [0.2, 0.25) is 5.02 Å². The van der Waals surface area contributed by atoms with Crippen LogP contribution in [0.4, 0.5) is 0 Å². The minimum atomic E-state index is -3.37. The zero-order chi connectivity index (χ0) is 15.5. The lowest BCUT2D eigenvalue weighted by atomic mass is 10.1. The number of nitrogens with zero attached hydrogens (tertiary/aromatic N) is 1. The Labute approximate surface area is 129 Å². The van der Waals surface area contributed by atoms with E-state index < -0.39 is 10.0 Å². The number of carbonyl (C=O) groups excluding carboxylic acids is 1. The molecule has 0 aromatic heterocycles. The van der Waals surface area contributed by atoms with Crippen LogP contribution in [0.15, 0.2) is 24.3 Å². The molecule has 1 amide bonds. The third kappa shape index (κ3) is 4.96. The quantitative estimate of drug-likeness (QED) is 0.884. The minimum absolute atomic E-state index is 0.224. The molecule has 1 aliphatic rings. The van der Waals surface area contributed by atoms with Gasteiger partial charge >= 0.3 is 0 Å². The average Bonchev–Trinajstić information content (AvgIpc) is 2.45. The predicted octanol–water partition coefficient (Wildman–Crippen LogP) is 0.789. The Bertz CT molecular complexity index is 603. The standard InChI is InChI=1S/C13H17ClN2O4S/c1-21(18,19)15-8-13(17)16-6-7-20-12(9-16)10-2-4-11(14)5-3-10/h2-5,12,15H,6-9H2,1H3/t12-/m1/s1. The lowest BCUT2D eigenvalue weighted by molar-refractivity contribution is -0.137. The summed E-state index contributed by atoms with van der Waals surface area (Å²) in [4.78, 5) is 13.6. The maximum Gasteiger partial charge on any atom is 0.237 e. The first-order chi connectivity index (χ1) is 9.85. The molecule has 1 heterocycles. The molecule has 0 aliphatic carbocycles. The molecule has 1 N–H and O–H groups in total. The summed E-state index contributed by atoms with van der Waals surface area (Å²) in [6.07, 6.45) is 0.800. The van der Waals surface area contributed by atoms with Crippen LogP contribution in [0, 0.1) is 0 Å². The summed E-state index contributed by atoms with van der Waals surface area (Å²) in [5.41, 5.74) is 0.938. The molecule has 0 saturated carbocycles. The Kier molecular flexibility index (Phi) is 5.21. The van der Waals surface area contributed by atoms with Crippen LogP contribution < -0.4 is 4.72 Å². The zero-order valence-corrected chi connectivity index (χ0v) is 13.2. The SMILES string of the molecule is CS(=O)(=O)NCC(=O)N1CCO[C@@H](c2ccc(Cl)cc2)C1. The molecule has 0 bridgehead atoms. The third-order valence-electron chi connectivity index (χ3n) is 3.15. The van der Waals surface area contributed by atoms with Crippen LogP contribution in [0.3, 0.4) is 0 Å². The van der Waals surface area contributed by atoms with E-state index in [2.05, 4.69) is 4.72 Å². The molecule has 21 heavy (non-hydrogen) atoms. The van der Waals surface area contributed by atoms with Crippen molar-refractivity contribution in [1.82, 2.24) is 9.62 Å². The van der Waals surface area contributed by atoms with Crippen molar-refractivity contribution in [3.63, 3.8) is 0 Å². The van der Waals surface area contributed by atoms with Gasteiger partial charge in [-0.3, -0.25) is 4.79 Å². The summed E-state index contributed by atoms with van der Waals surface area (Å²) in [6, 6.07) is 7.25. The summed E-state index contributed by atoms with van der Waals surface area (Å²) < 4.78 is 29.9. The number of rotatable bonds is 4. The van der Waals surface area contributed by atoms with E-state index in [1.54, 1.807) is 17.0 Å². The molecule has 0 spiro atoms. The van der Waals surface area contributed by atoms with Gasteiger partial charge in [-0.2, -0.15) is 0 Å². The Balaban J connectivity index is 1.97. The number of hydrogen-bond acceptors (Lipinski definition) is 4. The summed E-state index contributed by atoms with van der Waals surface area (Å²) in [6.45, 7) is 1.03. The van der Waals surface area contributed by atoms with Gasteiger partial charge in [-0.1, -0.05) is 23.7 Å². The van der Waals surface area contributed by atoms with Crippen LogP contribution in [0.25, 0.3) is 0 Å². The van der Waals surface area contributed by atoms with Gasteiger partial charge in [0.1, 0.15) is 6.10 Å². The van der Waals surface area contributed by atoms with Crippen LogP contribution in [0.5, 0.6) is 0 Å². The van der Waals surface area contributed by atoms with Crippen molar-refractivity contribution < 1.29 is 17.9 Å². The Morgan fingerprint density at radius 2 is 2.10 bits per heavy atom. The fourth-order valence-electron chi connectivity index (χ4n) is 2.06. The third-order valence-corrected chi connectivity index (χ3v) is 4.07. The van der Waals surface area contributed by atoms with Crippen molar-refractivity contribution in [1.29, 1.82) is 0 Å². The number of sulfonamides is 1. The van der Waals surface area contributed by atoms with Gasteiger partial charge in [0.05, 0.1) is 26.0 Å². The number of halogens is 1. The monoisotopic (exact) mass is 332 g/mol. The van der Waals surface area contributed by atoms with Crippen molar-refractivity contribution >= 4 is 27.5 Å². The lowest BCUT2D eigenvalue weighted by Crippen LogP contribution is -2.46. The predicted molar refractivity (Wildman–Crippen MR) is 79.6 cm³/mol. The number of morpholine rings is 1. The van der Waals surface area contributed by atoms with Gasteiger partial charge in [-0.05, 0) is 17.7 Å². The maximum absolute atomic E-state index is 12.0. The largest absolute Gasteiger partial charge is 0.370 e. The highest BCUT2D eigenvalue weighted by atomic mass is 35.5. The normalized spacial score (nSPS) is 19.5. The summed E-state index contributed by atoms with van der Waals surface area (Å²) in [5, 5.41) is 0.639. The second-order valence-corrected chi connectivity index (χ2v) is 7.11. The molecule has 0 radical (unpaired) electrons. The summed E-state index contributed by atoms with van der Waals surface area (Å²) in [5.74, 6) is -0.261. The smallest absolute Gasteiger partial charge is 0.237 e. The van der Waals surface area contributed by atoms with Gasteiger partial charge < -0.3 is 9.64 Å². The molecular weight excluding hydrogens is 316 g/mol. The molecule has 8 heteroatoms. The van der Waals surface area contributed by atoms with E-state index in [9.17, 15) is 13.2 Å². The molecule has 1 aliphatic heterocycles. The van der Waals surface area contributed by atoms with Gasteiger partial charge in [0.2, 0.25) is 15.9 Å². The second kappa shape index (κ2) is 6.74. The molecule has 1 fully saturated rings. The minimum Gasteiger partial charge on any atom is -0.370 e. The highest BCUT2D eigenvalue weighted by molar-refractivity contribution is 7.88. The fraction of sp³-hybridized carbons (Fsp3) is 0.462. The van der Waals surface area contributed by atoms with E-state index in [-0.39, 0.29) is 18.6 Å². The van der Waals surface area contributed by atoms with Gasteiger partial charge in [0, 0.05) is 11.6 Å². The lowest BCUT2D eigenvalue weighted by Gasteiger charge is -2.33. The highest BCUT2D eigenvalue weighted by Crippen LogP contribution is 2.23. The molecule has 116 valence electrons. The van der Waals surface area contributed by atoms with Crippen LogP contribution in [-0.4, -0.2) is 51.7 Å². The molecule has 1 aromatic rings. The Morgan fingerprint density at radius 3 is 2.71 bits per heavy atom. The first-order valence-corrected chi connectivity index (χ1v) is 8.71. The number of hydrogen-bond donors (Lipinski definition) is 1.